The van der Waals surface area contributed by atoms with Crippen LogP contribution in [0.15, 0.2) is 24.3 Å². The molecule has 0 heterocycles. The molecule has 108 valence electrons. The summed E-state index contributed by atoms with van der Waals surface area (Å²) >= 11 is 0. The van der Waals surface area contributed by atoms with Crippen molar-refractivity contribution in [1.29, 1.82) is 0 Å². The van der Waals surface area contributed by atoms with E-state index in [2.05, 4.69) is 30.3 Å². The zero-order valence-electron chi connectivity index (χ0n) is 12.2. The third-order valence-electron chi connectivity index (χ3n) is 3.14. The highest BCUT2D eigenvalue weighted by atomic mass is 16.5. The molecule has 0 bridgehead atoms. The van der Waals surface area contributed by atoms with Crippen LogP contribution in [0.4, 0.5) is 0 Å². The number of rotatable bonds is 9. The smallest absolute Gasteiger partial charge is 0.123 e. The van der Waals surface area contributed by atoms with Gasteiger partial charge in [0, 0.05) is 31.3 Å². The topological polar surface area (TPSA) is 44.7 Å². The number of methoxy groups -OCH3 is 1. The minimum atomic E-state index is 0.222. The lowest BCUT2D eigenvalue weighted by molar-refractivity contribution is 0.226. The Morgan fingerprint density at radius 1 is 1.37 bits per heavy atom. The second-order valence-corrected chi connectivity index (χ2v) is 4.78. The Bertz CT molecular complexity index is 352. The standard InChI is InChI=1S/C15H26N2O2/c1-4-16-14(9-10-18)12-17(2)11-13-7-5-6-8-15(13)19-3/h5-8,14,16,18H,4,9-12H2,1-3H3. The first-order chi connectivity index (χ1) is 9.21. The Morgan fingerprint density at radius 3 is 2.74 bits per heavy atom. The third kappa shape index (κ3) is 5.59. The summed E-state index contributed by atoms with van der Waals surface area (Å²) in [5.74, 6) is 0.927. The minimum absolute atomic E-state index is 0.222. The summed E-state index contributed by atoms with van der Waals surface area (Å²) in [6.45, 7) is 4.99. The number of aliphatic hydroxyl groups is 1. The predicted octanol–water partition coefficient (Wildman–Crippen LogP) is 1.49. The van der Waals surface area contributed by atoms with E-state index in [1.807, 2.05) is 18.2 Å². The second kappa shape index (κ2) is 8.91. The summed E-state index contributed by atoms with van der Waals surface area (Å²) in [6, 6.07) is 8.41. The largest absolute Gasteiger partial charge is 0.496 e. The predicted molar refractivity (Wildman–Crippen MR) is 78.5 cm³/mol. The van der Waals surface area contributed by atoms with E-state index < -0.39 is 0 Å². The van der Waals surface area contributed by atoms with Crippen LogP contribution in [0, 0.1) is 0 Å². The molecule has 1 aromatic carbocycles. The molecule has 1 atom stereocenters. The summed E-state index contributed by atoms with van der Waals surface area (Å²) in [5.41, 5.74) is 1.19. The van der Waals surface area contributed by atoms with E-state index in [-0.39, 0.29) is 6.61 Å². The number of nitrogens with one attached hydrogen (secondary N) is 1. The SMILES string of the molecule is CCNC(CCO)CN(C)Cc1ccccc1OC. The van der Waals surface area contributed by atoms with Crippen LogP contribution in [0.5, 0.6) is 5.75 Å². The fourth-order valence-corrected chi connectivity index (χ4v) is 2.27. The molecule has 0 radical (unpaired) electrons. The van der Waals surface area contributed by atoms with Crippen molar-refractivity contribution >= 4 is 0 Å². The first kappa shape index (κ1) is 16.0. The van der Waals surface area contributed by atoms with E-state index in [1.54, 1.807) is 7.11 Å². The summed E-state index contributed by atoms with van der Waals surface area (Å²) in [5, 5.41) is 12.5. The lowest BCUT2D eigenvalue weighted by atomic mass is 10.1. The van der Waals surface area contributed by atoms with Crippen molar-refractivity contribution < 1.29 is 9.84 Å². The highest BCUT2D eigenvalue weighted by Gasteiger charge is 2.11. The molecule has 0 fully saturated rings. The molecule has 2 N–H and O–H groups in total. The van der Waals surface area contributed by atoms with Gasteiger partial charge in [0.1, 0.15) is 5.75 Å². The molecular weight excluding hydrogens is 240 g/mol. The van der Waals surface area contributed by atoms with Crippen molar-refractivity contribution in [1.82, 2.24) is 10.2 Å². The molecule has 0 aromatic heterocycles. The van der Waals surface area contributed by atoms with E-state index in [0.717, 1.165) is 31.8 Å². The fourth-order valence-electron chi connectivity index (χ4n) is 2.27. The Balaban J connectivity index is 2.55. The van der Waals surface area contributed by atoms with Gasteiger partial charge in [-0.2, -0.15) is 0 Å². The van der Waals surface area contributed by atoms with Crippen molar-refractivity contribution in [2.45, 2.75) is 25.9 Å². The molecule has 4 heteroatoms. The molecule has 0 aliphatic heterocycles. The molecule has 0 saturated carbocycles. The van der Waals surface area contributed by atoms with Crippen molar-refractivity contribution in [2.24, 2.45) is 0 Å². The first-order valence-electron chi connectivity index (χ1n) is 6.86. The van der Waals surface area contributed by atoms with Crippen LogP contribution >= 0.6 is 0 Å². The van der Waals surface area contributed by atoms with Crippen LogP contribution in [-0.2, 0) is 6.54 Å². The number of nitrogens with zero attached hydrogens (tertiary/aromatic N) is 1. The average Bonchev–Trinajstić information content (AvgIpc) is 2.40. The van der Waals surface area contributed by atoms with Gasteiger partial charge in [-0.25, -0.2) is 0 Å². The molecule has 1 unspecified atom stereocenters. The number of hydrogen-bond acceptors (Lipinski definition) is 4. The van der Waals surface area contributed by atoms with E-state index in [1.165, 1.54) is 5.56 Å². The lowest BCUT2D eigenvalue weighted by Gasteiger charge is -2.24. The van der Waals surface area contributed by atoms with Gasteiger partial charge in [0.15, 0.2) is 0 Å². The molecule has 1 aromatic rings. The normalized spacial score (nSPS) is 12.7. The molecule has 4 nitrogen and oxygen atoms in total. The van der Waals surface area contributed by atoms with Crippen LogP contribution in [0.25, 0.3) is 0 Å². The van der Waals surface area contributed by atoms with Gasteiger partial charge in [-0.1, -0.05) is 25.1 Å². The molecule has 1 rings (SSSR count). The van der Waals surface area contributed by atoms with Crippen LogP contribution in [-0.4, -0.2) is 49.9 Å². The maximum absolute atomic E-state index is 9.07. The number of aliphatic hydroxyl groups excluding tert-OH is 1. The van der Waals surface area contributed by atoms with Gasteiger partial charge in [0.2, 0.25) is 0 Å². The maximum Gasteiger partial charge on any atom is 0.123 e. The highest BCUT2D eigenvalue weighted by Crippen LogP contribution is 2.18. The zero-order chi connectivity index (χ0) is 14.1. The first-order valence-corrected chi connectivity index (χ1v) is 6.86. The monoisotopic (exact) mass is 266 g/mol. The Kier molecular flexibility index (Phi) is 7.48. The van der Waals surface area contributed by atoms with Crippen LogP contribution in [0.1, 0.15) is 18.9 Å². The number of ether oxygens (including phenoxy) is 1. The van der Waals surface area contributed by atoms with Crippen LogP contribution in [0.3, 0.4) is 0 Å². The van der Waals surface area contributed by atoms with Gasteiger partial charge in [0.05, 0.1) is 7.11 Å². The van der Waals surface area contributed by atoms with Gasteiger partial charge in [-0.3, -0.25) is 0 Å². The van der Waals surface area contributed by atoms with Gasteiger partial charge in [-0.05, 0) is 26.1 Å². The lowest BCUT2D eigenvalue weighted by Crippen LogP contribution is -2.39. The quantitative estimate of drug-likeness (QED) is 0.711. The maximum atomic E-state index is 9.07. The fraction of sp³-hybridized carbons (Fsp3) is 0.600. The van der Waals surface area contributed by atoms with E-state index in [9.17, 15) is 0 Å². The van der Waals surface area contributed by atoms with Crippen LogP contribution in [0.2, 0.25) is 0 Å². The Hall–Kier alpha value is -1.10. The van der Waals surface area contributed by atoms with Crippen molar-refractivity contribution in [3.8, 4) is 5.75 Å². The molecule has 0 aliphatic rings. The number of hydrogen-bond donors (Lipinski definition) is 2. The summed E-state index contributed by atoms with van der Waals surface area (Å²) in [7, 11) is 3.79. The van der Waals surface area contributed by atoms with E-state index in [4.69, 9.17) is 9.84 Å². The van der Waals surface area contributed by atoms with Gasteiger partial charge >= 0.3 is 0 Å². The van der Waals surface area contributed by atoms with E-state index >= 15 is 0 Å². The number of para-hydroxylation sites is 1. The van der Waals surface area contributed by atoms with E-state index in [0.29, 0.717) is 6.04 Å². The van der Waals surface area contributed by atoms with Crippen LogP contribution < -0.4 is 10.1 Å². The number of benzene rings is 1. The average molecular weight is 266 g/mol. The molecule has 0 amide bonds. The van der Waals surface area contributed by atoms with Crippen molar-refractivity contribution in [3.05, 3.63) is 29.8 Å². The second-order valence-electron chi connectivity index (χ2n) is 4.78. The van der Waals surface area contributed by atoms with Crippen molar-refractivity contribution in [3.63, 3.8) is 0 Å². The number of likely N-dealkylation sites (N-methyl/N-ethyl adjacent to an activating group) is 2. The molecule has 0 aliphatic carbocycles. The third-order valence-corrected chi connectivity index (χ3v) is 3.14. The summed E-state index contributed by atoms with van der Waals surface area (Å²) < 4.78 is 5.36. The van der Waals surface area contributed by atoms with Gasteiger partial charge in [0.25, 0.3) is 0 Å². The molecule has 0 spiro atoms. The highest BCUT2D eigenvalue weighted by molar-refractivity contribution is 5.32. The summed E-state index contributed by atoms with van der Waals surface area (Å²) in [6.07, 6.45) is 0.782. The van der Waals surface area contributed by atoms with Crippen molar-refractivity contribution in [2.75, 3.05) is 33.9 Å². The van der Waals surface area contributed by atoms with Gasteiger partial charge < -0.3 is 20.1 Å². The summed E-state index contributed by atoms with van der Waals surface area (Å²) in [4.78, 5) is 2.25. The van der Waals surface area contributed by atoms with Gasteiger partial charge in [-0.15, -0.1) is 0 Å². The molecule has 0 saturated heterocycles. The minimum Gasteiger partial charge on any atom is -0.496 e. The Morgan fingerprint density at radius 2 is 2.11 bits per heavy atom. The Labute approximate surface area is 116 Å². The molecule has 19 heavy (non-hydrogen) atoms. The zero-order valence-corrected chi connectivity index (χ0v) is 12.2. The molecular formula is C15H26N2O2.